The van der Waals surface area contributed by atoms with Gasteiger partial charge >= 0.3 is 0 Å². The summed E-state index contributed by atoms with van der Waals surface area (Å²) in [6.07, 6.45) is 0. The summed E-state index contributed by atoms with van der Waals surface area (Å²) in [5, 5.41) is 6.58. The first-order chi connectivity index (χ1) is 22.3. The fourth-order valence-corrected chi connectivity index (χ4v) is 8.81. The fourth-order valence-electron chi connectivity index (χ4n) is 6.53. The molecule has 0 radical (unpaired) electrons. The van der Waals surface area contributed by atoms with Gasteiger partial charge in [0.1, 0.15) is 0 Å². The van der Waals surface area contributed by atoms with Crippen molar-refractivity contribution in [1.29, 1.82) is 0 Å². The smallest absolute Gasteiger partial charge is 0.0859 e. The van der Waals surface area contributed by atoms with Gasteiger partial charge in [0.05, 0.1) is 17.1 Å². The second kappa shape index (κ2) is 11.7. The number of rotatable bonds is 6. The third-order valence-corrected chi connectivity index (χ3v) is 11.2. The van der Waals surface area contributed by atoms with Crippen LogP contribution in [0.4, 0.5) is 17.1 Å². The van der Waals surface area contributed by atoms with E-state index in [4.69, 9.17) is 0 Å². The minimum atomic E-state index is -0.647. The predicted molar refractivity (Wildman–Crippen MR) is 195 cm³/mol. The highest BCUT2D eigenvalue weighted by Gasteiger charge is 2.26. The fraction of sp³-hybridized carbons (Fsp3) is 0.0238. The van der Waals surface area contributed by atoms with E-state index in [0.29, 0.717) is 0 Å². The van der Waals surface area contributed by atoms with E-state index in [1.165, 1.54) is 60.2 Å². The highest BCUT2D eigenvalue weighted by molar-refractivity contribution is 7.79. The Hall–Kier alpha value is -5.30. The van der Waals surface area contributed by atoms with E-state index in [9.17, 15) is 0 Å². The van der Waals surface area contributed by atoms with E-state index in [1.807, 2.05) is 12.1 Å². The molecule has 0 spiro atoms. The van der Waals surface area contributed by atoms with Crippen molar-refractivity contribution in [3.63, 3.8) is 0 Å². The van der Waals surface area contributed by atoms with Gasteiger partial charge in [-0.15, -0.1) is 0 Å². The number of hydrogen-bond acceptors (Lipinski definition) is 2. The van der Waals surface area contributed by atoms with E-state index < -0.39 is 7.92 Å². The molecule has 3 heteroatoms. The molecule has 0 amide bonds. The highest BCUT2D eigenvalue weighted by Crippen LogP contribution is 2.47. The first-order valence-corrected chi connectivity index (χ1v) is 16.6. The average Bonchev–Trinajstić information content (AvgIpc) is 3.11. The number of benzene rings is 7. The van der Waals surface area contributed by atoms with Crippen molar-refractivity contribution in [2.75, 3.05) is 4.90 Å². The summed E-state index contributed by atoms with van der Waals surface area (Å²) in [6.45, 7) is 4.65. The van der Waals surface area contributed by atoms with Crippen molar-refractivity contribution in [3.8, 4) is 22.3 Å². The van der Waals surface area contributed by atoms with Crippen LogP contribution in [0.5, 0.6) is 0 Å². The quantitative estimate of drug-likeness (QED) is 0.138. The van der Waals surface area contributed by atoms with Crippen molar-refractivity contribution < 1.29 is 0 Å². The summed E-state index contributed by atoms with van der Waals surface area (Å²) >= 11 is 0. The number of hydrogen-bond donors (Lipinski definition) is 0. The molecule has 7 aromatic rings. The SMILES string of the molecule is C=Nc1ccccc1N1Cc2cc3ccccc3cc2-c2ccc(-c3ccc(P(c4ccccc4)c4ccccc4)cc3)cc21. The Labute approximate surface area is 265 Å². The lowest BCUT2D eigenvalue weighted by molar-refractivity contribution is 0.963. The summed E-state index contributed by atoms with van der Waals surface area (Å²) in [4.78, 5) is 6.79. The molecule has 1 aliphatic heterocycles. The zero-order valence-corrected chi connectivity index (χ0v) is 25.7. The van der Waals surface area contributed by atoms with Gasteiger partial charge in [0.15, 0.2) is 0 Å². The molecule has 8 rings (SSSR count). The van der Waals surface area contributed by atoms with Crippen molar-refractivity contribution in [3.05, 3.63) is 169 Å². The van der Waals surface area contributed by atoms with Gasteiger partial charge in [-0.1, -0.05) is 133 Å². The summed E-state index contributed by atoms with van der Waals surface area (Å²) < 4.78 is 0. The Kier molecular flexibility index (Phi) is 7.06. The Balaban J connectivity index is 1.24. The summed E-state index contributed by atoms with van der Waals surface area (Å²) in [7, 11) is -0.647. The molecule has 1 heterocycles. The van der Waals surface area contributed by atoms with Crippen LogP contribution in [0.3, 0.4) is 0 Å². The van der Waals surface area contributed by atoms with Crippen molar-refractivity contribution >= 4 is 58.4 Å². The second-order valence-electron chi connectivity index (χ2n) is 11.4. The van der Waals surface area contributed by atoms with Crippen molar-refractivity contribution in [1.82, 2.24) is 0 Å². The molecule has 7 aromatic carbocycles. The highest BCUT2D eigenvalue weighted by atomic mass is 31.1. The van der Waals surface area contributed by atoms with Crippen LogP contribution >= 0.6 is 7.92 Å². The molecule has 1 aliphatic rings. The van der Waals surface area contributed by atoms with Gasteiger partial charge in [0.2, 0.25) is 0 Å². The van der Waals surface area contributed by atoms with E-state index in [0.717, 1.165) is 17.9 Å². The van der Waals surface area contributed by atoms with Gasteiger partial charge in [-0.25, -0.2) is 0 Å². The maximum absolute atomic E-state index is 4.39. The lowest BCUT2D eigenvalue weighted by atomic mass is 9.88. The molecule has 0 saturated heterocycles. The van der Waals surface area contributed by atoms with Gasteiger partial charge in [-0.05, 0) is 93.9 Å². The molecule has 0 unspecified atom stereocenters. The van der Waals surface area contributed by atoms with E-state index in [1.54, 1.807) is 0 Å². The Morgan fingerprint density at radius 1 is 0.489 bits per heavy atom. The molecule has 0 N–H and O–H groups in total. The Morgan fingerprint density at radius 2 is 1.07 bits per heavy atom. The number of aliphatic imine (C=N–C) groups is 1. The topological polar surface area (TPSA) is 15.6 Å². The van der Waals surface area contributed by atoms with Gasteiger partial charge in [-0.2, -0.15) is 0 Å². The normalized spacial score (nSPS) is 12.2. The maximum atomic E-state index is 4.39. The van der Waals surface area contributed by atoms with Crippen molar-refractivity contribution in [2.45, 2.75) is 6.54 Å². The number of anilines is 2. The van der Waals surface area contributed by atoms with Crippen LogP contribution in [0.15, 0.2) is 169 Å². The number of nitrogens with zero attached hydrogens (tertiary/aromatic N) is 2. The molecule has 0 atom stereocenters. The van der Waals surface area contributed by atoms with Crippen LogP contribution in [0.25, 0.3) is 33.0 Å². The van der Waals surface area contributed by atoms with Crippen LogP contribution in [-0.2, 0) is 6.54 Å². The molecule has 0 bridgehead atoms. The van der Waals surface area contributed by atoms with E-state index in [-0.39, 0.29) is 0 Å². The molecule has 0 saturated carbocycles. The lowest BCUT2D eigenvalue weighted by Crippen LogP contribution is -2.22. The maximum Gasteiger partial charge on any atom is 0.0859 e. The lowest BCUT2D eigenvalue weighted by Gasteiger charge is -2.34. The van der Waals surface area contributed by atoms with E-state index >= 15 is 0 Å². The Morgan fingerprint density at radius 3 is 1.76 bits per heavy atom. The van der Waals surface area contributed by atoms with Gasteiger partial charge in [0, 0.05) is 12.1 Å². The van der Waals surface area contributed by atoms with Crippen LogP contribution in [0, 0.1) is 0 Å². The first-order valence-electron chi connectivity index (χ1n) is 15.3. The largest absolute Gasteiger partial charge is 0.335 e. The van der Waals surface area contributed by atoms with Crippen LogP contribution < -0.4 is 20.8 Å². The zero-order valence-electron chi connectivity index (χ0n) is 24.8. The molecule has 0 aromatic heterocycles. The molecule has 214 valence electrons. The van der Waals surface area contributed by atoms with Gasteiger partial charge in [-0.3, -0.25) is 4.99 Å². The Bertz CT molecular complexity index is 2120. The molecule has 0 aliphatic carbocycles. The number of para-hydroxylation sites is 2. The van der Waals surface area contributed by atoms with Crippen molar-refractivity contribution in [2.24, 2.45) is 4.99 Å². The monoisotopic (exact) mass is 594 g/mol. The molecule has 0 fully saturated rings. The van der Waals surface area contributed by atoms with Gasteiger partial charge in [0.25, 0.3) is 0 Å². The zero-order chi connectivity index (χ0) is 30.2. The van der Waals surface area contributed by atoms with Gasteiger partial charge < -0.3 is 4.90 Å². The molecule has 2 nitrogen and oxygen atoms in total. The van der Waals surface area contributed by atoms with Crippen LogP contribution in [-0.4, -0.2) is 6.72 Å². The number of fused-ring (bicyclic) bond motifs is 4. The first kappa shape index (κ1) is 27.3. The third kappa shape index (κ3) is 5.04. The van der Waals surface area contributed by atoms with Crippen LogP contribution in [0.1, 0.15) is 5.56 Å². The van der Waals surface area contributed by atoms with E-state index in [2.05, 4.69) is 168 Å². The third-order valence-electron chi connectivity index (χ3n) is 8.71. The summed E-state index contributed by atoms with van der Waals surface area (Å²) in [6, 6.07) is 59.5. The standard InChI is InChI=1S/C42H31N2P/c1-43-40-18-10-11-19-41(40)44-29-34-26-31-12-8-9-13-32(31)27-39(34)38-25-22-33(28-42(38)44)30-20-23-37(24-21-30)45(35-14-4-2-5-15-35)36-16-6-3-7-17-36/h2-28H,1,29H2. The molecular weight excluding hydrogens is 563 g/mol. The predicted octanol–water partition coefficient (Wildman–Crippen LogP) is 9.92. The molecule has 45 heavy (non-hydrogen) atoms. The second-order valence-corrected chi connectivity index (χ2v) is 13.6. The van der Waals surface area contributed by atoms with Crippen LogP contribution in [0.2, 0.25) is 0 Å². The minimum absolute atomic E-state index is 0.647. The molecular formula is C42H31N2P. The summed E-state index contributed by atoms with van der Waals surface area (Å²) in [5.41, 5.74) is 9.38. The minimum Gasteiger partial charge on any atom is -0.335 e. The average molecular weight is 595 g/mol. The summed E-state index contributed by atoms with van der Waals surface area (Å²) in [5.74, 6) is 0.